The predicted octanol–water partition coefficient (Wildman–Crippen LogP) is 4.04. The Labute approximate surface area is 187 Å². The number of hydrogen-bond acceptors (Lipinski definition) is 4. The molecule has 2 N–H and O–H groups in total. The molecule has 12 heteroatoms. The highest BCUT2D eigenvalue weighted by Gasteiger charge is 2.34. The van der Waals surface area contributed by atoms with Gasteiger partial charge in [0.15, 0.2) is 11.6 Å². The van der Waals surface area contributed by atoms with Crippen LogP contribution in [0, 0.1) is 11.6 Å². The minimum Gasteiger partial charge on any atom is -0.373 e. The molecular formula is C22H15F5N4O3. The second-order valence-corrected chi connectivity index (χ2v) is 7.92. The van der Waals surface area contributed by atoms with E-state index in [0.717, 1.165) is 18.2 Å². The van der Waals surface area contributed by atoms with Gasteiger partial charge in [0.1, 0.15) is 11.4 Å². The van der Waals surface area contributed by atoms with E-state index in [4.69, 9.17) is 4.74 Å². The van der Waals surface area contributed by atoms with Crippen molar-refractivity contribution in [1.82, 2.24) is 19.9 Å². The molecule has 34 heavy (non-hydrogen) atoms. The minimum atomic E-state index is -4.64. The van der Waals surface area contributed by atoms with Crippen LogP contribution in [0.2, 0.25) is 0 Å². The largest absolute Gasteiger partial charge is 0.433 e. The average Bonchev–Trinajstić information content (AvgIpc) is 3.22. The summed E-state index contributed by atoms with van der Waals surface area (Å²) in [6.45, 7) is -0.0132. The molecule has 7 nitrogen and oxygen atoms in total. The van der Waals surface area contributed by atoms with Crippen LogP contribution in [0.4, 0.5) is 22.0 Å². The maximum Gasteiger partial charge on any atom is 0.433 e. The lowest BCUT2D eigenvalue weighted by Crippen LogP contribution is -2.37. The number of nitrogens with one attached hydrogen (secondary N) is 2. The van der Waals surface area contributed by atoms with E-state index < -0.39 is 41.0 Å². The number of hydrogen-bond donors (Lipinski definition) is 2. The molecular weight excluding hydrogens is 463 g/mol. The van der Waals surface area contributed by atoms with Crippen molar-refractivity contribution in [2.24, 2.45) is 0 Å². The molecule has 0 bridgehead atoms. The molecule has 1 amide bonds. The molecule has 0 spiro atoms. The lowest BCUT2D eigenvalue weighted by molar-refractivity contribution is -0.140. The van der Waals surface area contributed by atoms with Crippen molar-refractivity contribution in [3.63, 3.8) is 0 Å². The van der Waals surface area contributed by atoms with Gasteiger partial charge < -0.3 is 19.6 Å². The maximum atomic E-state index is 14.0. The van der Waals surface area contributed by atoms with E-state index in [1.54, 1.807) is 0 Å². The van der Waals surface area contributed by atoms with E-state index >= 15 is 0 Å². The monoisotopic (exact) mass is 478 g/mol. The van der Waals surface area contributed by atoms with Gasteiger partial charge in [-0.05, 0) is 35.7 Å². The Morgan fingerprint density at radius 2 is 1.82 bits per heavy atom. The second kappa shape index (κ2) is 7.62. The number of rotatable bonds is 2. The van der Waals surface area contributed by atoms with Crippen LogP contribution >= 0.6 is 0 Å². The summed E-state index contributed by atoms with van der Waals surface area (Å²) < 4.78 is 72.2. The lowest BCUT2D eigenvalue weighted by Gasteiger charge is -2.33. The standard InChI is InChI=1S/C22H15F5N4O3/c1-31(21(33)15-6-14-13(28-15)2-3-18(29-14)22(25,26)27)17-8-34-7-16-19(17)9-4-11(23)12(24)5-10(9)20(32)30-16/h2-6,17,28H,7-8H2,1H3,(H,30,32)/t17-/m1/s1. The molecule has 0 fully saturated rings. The number of fused-ring (bicyclic) bond motifs is 4. The number of likely N-dealkylation sites (N-methyl/N-ethyl adjacent to an activating group) is 1. The van der Waals surface area contributed by atoms with E-state index in [9.17, 15) is 31.5 Å². The summed E-state index contributed by atoms with van der Waals surface area (Å²) in [5.41, 5.74) is -0.852. The van der Waals surface area contributed by atoms with E-state index in [2.05, 4.69) is 15.0 Å². The number of benzene rings is 1. The van der Waals surface area contributed by atoms with Gasteiger partial charge >= 0.3 is 6.18 Å². The van der Waals surface area contributed by atoms with Crippen LogP contribution < -0.4 is 5.56 Å². The van der Waals surface area contributed by atoms with Gasteiger partial charge in [-0.15, -0.1) is 0 Å². The van der Waals surface area contributed by atoms with Gasteiger partial charge in [-0.1, -0.05) is 0 Å². The Balaban J connectivity index is 1.57. The molecule has 4 heterocycles. The van der Waals surface area contributed by atoms with E-state index in [0.29, 0.717) is 11.3 Å². The first-order chi connectivity index (χ1) is 16.0. The molecule has 0 saturated carbocycles. The number of carbonyl (C=O) groups excluding carboxylic acids is 1. The summed E-state index contributed by atoms with van der Waals surface area (Å²) in [5, 5.41) is 0.0543. The number of aromatic nitrogens is 3. The van der Waals surface area contributed by atoms with Crippen molar-refractivity contribution in [3.05, 3.63) is 75.0 Å². The predicted molar refractivity (Wildman–Crippen MR) is 110 cm³/mol. The first kappa shape index (κ1) is 22.0. The zero-order valence-corrected chi connectivity index (χ0v) is 17.4. The average molecular weight is 478 g/mol. The zero-order valence-electron chi connectivity index (χ0n) is 17.4. The summed E-state index contributed by atoms with van der Waals surface area (Å²) in [6, 6.07) is 4.08. The highest BCUT2D eigenvalue weighted by molar-refractivity contribution is 5.97. The molecule has 0 aliphatic carbocycles. The number of alkyl halides is 3. The third-order valence-electron chi connectivity index (χ3n) is 5.82. The van der Waals surface area contributed by atoms with Crippen LogP contribution in [0.15, 0.2) is 35.1 Å². The summed E-state index contributed by atoms with van der Waals surface area (Å²) in [5.74, 6) is -2.94. The number of H-pyrrole nitrogens is 2. The van der Waals surface area contributed by atoms with E-state index in [-0.39, 0.29) is 40.7 Å². The van der Waals surface area contributed by atoms with Crippen LogP contribution in [-0.2, 0) is 17.5 Å². The fraction of sp³-hybridized carbons (Fsp3) is 0.227. The molecule has 1 aromatic carbocycles. The minimum absolute atomic E-state index is 0.00539. The highest BCUT2D eigenvalue weighted by Crippen LogP contribution is 2.35. The van der Waals surface area contributed by atoms with Gasteiger partial charge in [-0.3, -0.25) is 9.59 Å². The number of ether oxygens (including phenoxy) is 1. The number of amides is 1. The number of pyridine rings is 2. The second-order valence-electron chi connectivity index (χ2n) is 7.92. The fourth-order valence-corrected chi connectivity index (χ4v) is 4.16. The quantitative estimate of drug-likeness (QED) is 0.426. The van der Waals surface area contributed by atoms with Crippen LogP contribution in [0.5, 0.6) is 0 Å². The molecule has 3 aromatic heterocycles. The molecule has 1 aliphatic rings. The fourth-order valence-electron chi connectivity index (χ4n) is 4.16. The zero-order chi connectivity index (χ0) is 24.4. The van der Waals surface area contributed by atoms with Crippen LogP contribution in [0.1, 0.15) is 33.5 Å². The first-order valence-corrected chi connectivity index (χ1v) is 10.00. The van der Waals surface area contributed by atoms with Crippen LogP contribution in [-0.4, -0.2) is 39.4 Å². The molecule has 4 aromatic rings. The highest BCUT2D eigenvalue weighted by atomic mass is 19.4. The number of aromatic amines is 2. The topological polar surface area (TPSA) is 91.1 Å². The van der Waals surface area contributed by atoms with Crippen molar-refractivity contribution in [1.29, 1.82) is 0 Å². The first-order valence-electron chi connectivity index (χ1n) is 10.00. The molecule has 0 radical (unpaired) electrons. The molecule has 1 atom stereocenters. The lowest BCUT2D eigenvalue weighted by atomic mass is 9.95. The molecule has 0 saturated heterocycles. The SMILES string of the molecule is CN(C(=O)c1cc2nc(C(F)(F)F)ccc2[nH]1)[C@@H]1COCc2[nH]c(=O)c3cc(F)c(F)cc3c21. The summed E-state index contributed by atoms with van der Waals surface area (Å²) in [4.78, 5) is 35.7. The number of nitrogens with zero attached hydrogens (tertiary/aromatic N) is 2. The van der Waals surface area contributed by atoms with Gasteiger partial charge in [0, 0.05) is 18.3 Å². The van der Waals surface area contributed by atoms with Gasteiger partial charge in [-0.2, -0.15) is 13.2 Å². The molecule has 5 rings (SSSR count). The molecule has 176 valence electrons. The summed E-state index contributed by atoms with van der Waals surface area (Å²) in [7, 11) is 1.43. The van der Waals surface area contributed by atoms with Crippen molar-refractivity contribution < 1.29 is 31.5 Å². The molecule has 1 aliphatic heterocycles. The number of halogens is 5. The normalized spacial score (nSPS) is 16.1. The van der Waals surface area contributed by atoms with Crippen molar-refractivity contribution >= 4 is 27.7 Å². The summed E-state index contributed by atoms with van der Waals surface area (Å²) in [6.07, 6.45) is -4.64. The smallest absolute Gasteiger partial charge is 0.373 e. The maximum absolute atomic E-state index is 14.0. The van der Waals surface area contributed by atoms with E-state index in [1.165, 1.54) is 24.1 Å². The Hall–Kier alpha value is -3.80. The van der Waals surface area contributed by atoms with Gasteiger partial charge in [0.2, 0.25) is 0 Å². The number of carbonyl (C=O) groups is 1. The Bertz CT molecular complexity index is 1530. The van der Waals surface area contributed by atoms with Crippen LogP contribution in [0.3, 0.4) is 0 Å². The van der Waals surface area contributed by atoms with Gasteiger partial charge in [-0.25, -0.2) is 13.8 Å². The van der Waals surface area contributed by atoms with Crippen LogP contribution in [0.25, 0.3) is 21.8 Å². The Kier molecular flexibility index (Phi) is 4.93. The van der Waals surface area contributed by atoms with E-state index in [1.807, 2.05) is 0 Å². The van der Waals surface area contributed by atoms with Crippen molar-refractivity contribution in [2.75, 3.05) is 13.7 Å². The Morgan fingerprint density at radius 3 is 2.53 bits per heavy atom. The van der Waals surface area contributed by atoms with Crippen molar-refractivity contribution in [2.45, 2.75) is 18.8 Å². The molecule has 0 unspecified atom stereocenters. The van der Waals surface area contributed by atoms with Gasteiger partial charge in [0.05, 0.1) is 35.7 Å². The third kappa shape index (κ3) is 3.50. The van der Waals surface area contributed by atoms with Gasteiger partial charge in [0.25, 0.3) is 11.5 Å². The van der Waals surface area contributed by atoms with Crippen molar-refractivity contribution in [3.8, 4) is 0 Å². The Morgan fingerprint density at radius 1 is 1.12 bits per heavy atom. The third-order valence-corrected chi connectivity index (χ3v) is 5.82. The summed E-state index contributed by atoms with van der Waals surface area (Å²) >= 11 is 0.